The summed E-state index contributed by atoms with van der Waals surface area (Å²) in [6, 6.07) is 0.00953. The molecule has 2 N–H and O–H groups in total. The smallest absolute Gasteiger partial charge is 0.389 e. The van der Waals surface area contributed by atoms with Gasteiger partial charge in [-0.3, -0.25) is 4.79 Å². The van der Waals surface area contributed by atoms with Gasteiger partial charge >= 0.3 is 12.1 Å². The number of hydrogen-bond acceptors (Lipinski definition) is 8. The van der Waals surface area contributed by atoms with Crippen molar-refractivity contribution >= 4 is 11.9 Å². The molecule has 34 heavy (non-hydrogen) atoms. The van der Waals surface area contributed by atoms with E-state index in [0.717, 1.165) is 25.7 Å². The topological polar surface area (TPSA) is 116 Å². The number of hydrogen-bond donors (Lipinski definition) is 2. The van der Waals surface area contributed by atoms with E-state index in [2.05, 4.69) is 10.3 Å². The van der Waals surface area contributed by atoms with E-state index in [1.165, 1.54) is 26.3 Å². The molecule has 1 saturated carbocycles. The van der Waals surface area contributed by atoms with Crippen LogP contribution in [-0.2, 0) is 19.0 Å². The molecule has 4 atom stereocenters. The van der Waals surface area contributed by atoms with Crippen LogP contribution in [0.5, 0.6) is 11.5 Å². The monoisotopic (exact) mass is 490 g/mol. The fraction of sp³-hybridized carbons (Fsp3) is 0.682. The van der Waals surface area contributed by atoms with Gasteiger partial charge in [-0.2, -0.15) is 13.2 Å². The third-order valence-electron chi connectivity index (χ3n) is 5.90. The first-order valence-electron chi connectivity index (χ1n) is 11.1. The van der Waals surface area contributed by atoms with Gasteiger partial charge in [-0.25, -0.2) is 9.78 Å². The largest absolute Gasteiger partial charge is 0.503 e. The highest BCUT2D eigenvalue weighted by Crippen LogP contribution is 2.33. The van der Waals surface area contributed by atoms with E-state index in [1.807, 2.05) is 0 Å². The molecule has 1 amide bonds. The van der Waals surface area contributed by atoms with Crippen LogP contribution in [0.15, 0.2) is 12.3 Å². The Hall–Kier alpha value is -2.60. The van der Waals surface area contributed by atoms with E-state index < -0.39 is 66.7 Å². The van der Waals surface area contributed by atoms with Crippen molar-refractivity contribution < 1.29 is 46.8 Å². The zero-order valence-electron chi connectivity index (χ0n) is 19.0. The van der Waals surface area contributed by atoms with Crippen molar-refractivity contribution in [3.8, 4) is 11.5 Å². The van der Waals surface area contributed by atoms with Crippen molar-refractivity contribution in [3.63, 3.8) is 0 Å². The molecule has 1 aromatic rings. The van der Waals surface area contributed by atoms with Gasteiger partial charge in [-0.05, 0) is 19.8 Å². The van der Waals surface area contributed by atoms with Gasteiger partial charge in [0.25, 0.3) is 5.91 Å². The summed E-state index contributed by atoms with van der Waals surface area (Å²) in [5, 5.41) is 12.5. The standard InChI is InChI=1S/C22H29F3N2O7/c1-12-19(34-14-5-3-4-6-14)13(9-22(23,24)25)10-32-11-15(21(30)33-12)27-20(29)17-18(28)16(31-2)7-8-26-17/h7-8,12-15,19,28H,3-6,9-11H2,1-2H3,(H,27,29)/t12-,13-,15-,19-/m0/s1. The van der Waals surface area contributed by atoms with E-state index in [-0.39, 0.29) is 18.5 Å². The second kappa shape index (κ2) is 11.2. The molecular formula is C22H29F3N2O7. The molecule has 1 aromatic heterocycles. The molecule has 1 aliphatic heterocycles. The normalized spacial score (nSPS) is 26.8. The van der Waals surface area contributed by atoms with Crippen molar-refractivity contribution in [2.45, 2.75) is 69.6 Å². The Bertz CT molecular complexity index is 861. The van der Waals surface area contributed by atoms with Crippen LogP contribution in [0.25, 0.3) is 0 Å². The predicted molar refractivity (Wildman–Crippen MR) is 111 cm³/mol. The number of rotatable bonds is 6. The molecule has 12 heteroatoms. The number of carbonyl (C=O) groups is 2. The molecule has 190 valence electrons. The van der Waals surface area contributed by atoms with Crippen molar-refractivity contribution in [1.29, 1.82) is 0 Å². The van der Waals surface area contributed by atoms with Gasteiger partial charge in [0, 0.05) is 18.2 Å². The molecule has 1 saturated heterocycles. The molecule has 3 rings (SSSR count). The van der Waals surface area contributed by atoms with Crippen molar-refractivity contribution in [3.05, 3.63) is 18.0 Å². The predicted octanol–water partition coefficient (Wildman–Crippen LogP) is 2.75. The third kappa shape index (κ3) is 6.72. The highest BCUT2D eigenvalue weighted by atomic mass is 19.4. The highest BCUT2D eigenvalue weighted by molar-refractivity contribution is 5.98. The Morgan fingerprint density at radius 3 is 2.65 bits per heavy atom. The molecule has 0 spiro atoms. The van der Waals surface area contributed by atoms with Crippen LogP contribution in [0, 0.1) is 5.92 Å². The first-order chi connectivity index (χ1) is 16.1. The van der Waals surface area contributed by atoms with Crippen molar-refractivity contribution in [2.24, 2.45) is 5.92 Å². The minimum Gasteiger partial charge on any atom is -0.503 e. The number of aromatic nitrogens is 1. The Labute approximate surface area is 194 Å². The number of methoxy groups -OCH3 is 1. The van der Waals surface area contributed by atoms with Gasteiger partial charge in [0.05, 0.1) is 39.0 Å². The molecule has 2 heterocycles. The lowest BCUT2D eigenvalue weighted by atomic mass is 9.94. The molecule has 9 nitrogen and oxygen atoms in total. The van der Waals surface area contributed by atoms with Gasteiger partial charge in [-0.1, -0.05) is 12.8 Å². The minimum absolute atomic E-state index is 0.00367. The van der Waals surface area contributed by atoms with E-state index in [4.69, 9.17) is 18.9 Å². The fourth-order valence-electron chi connectivity index (χ4n) is 4.25. The van der Waals surface area contributed by atoms with Gasteiger partial charge < -0.3 is 29.4 Å². The van der Waals surface area contributed by atoms with E-state index in [9.17, 15) is 27.9 Å². The van der Waals surface area contributed by atoms with E-state index >= 15 is 0 Å². The summed E-state index contributed by atoms with van der Waals surface area (Å²) in [6.07, 6.45) is -3.33. The summed E-state index contributed by atoms with van der Waals surface area (Å²) in [5.74, 6) is -3.41. The summed E-state index contributed by atoms with van der Waals surface area (Å²) in [6.45, 7) is 0.708. The maximum Gasteiger partial charge on any atom is 0.389 e. The summed E-state index contributed by atoms with van der Waals surface area (Å²) in [7, 11) is 1.29. The van der Waals surface area contributed by atoms with Crippen LogP contribution in [0.2, 0.25) is 0 Å². The number of halogens is 3. The highest BCUT2D eigenvalue weighted by Gasteiger charge is 2.42. The number of esters is 1. The number of cyclic esters (lactones) is 1. The molecule has 0 bridgehead atoms. The lowest BCUT2D eigenvalue weighted by molar-refractivity contribution is -0.184. The summed E-state index contributed by atoms with van der Waals surface area (Å²) < 4.78 is 61.7. The maximum atomic E-state index is 13.3. The Morgan fingerprint density at radius 1 is 1.29 bits per heavy atom. The molecular weight excluding hydrogens is 461 g/mol. The number of pyridine rings is 1. The molecule has 0 unspecified atom stereocenters. The second-order valence-electron chi connectivity index (χ2n) is 8.50. The Balaban J connectivity index is 1.76. The van der Waals surface area contributed by atoms with Crippen LogP contribution in [0.3, 0.4) is 0 Å². The molecule has 1 aliphatic carbocycles. The first-order valence-corrected chi connectivity index (χ1v) is 11.1. The average molecular weight is 490 g/mol. The van der Waals surface area contributed by atoms with Gasteiger partial charge in [0.2, 0.25) is 0 Å². The number of alkyl halides is 3. The Morgan fingerprint density at radius 2 is 2.00 bits per heavy atom. The van der Waals surface area contributed by atoms with Crippen molar-refractivity contribution in [1.82, 2.24) is 10.3 Å². The fourth-order valence-corrected chi connectivity index (χ4v) is 4.25. The number of nitrogens with one attached hydrogen (secondary N) is 1. The molecule has 0 radical (unpaired) electrons. The number of ether oxygens (including phenoxy) is 4. The first kappa shape index (κ1) is 26.0. The lowest BCUT2D eigenvalue weighted by Gasteiger charge is -2.33. The van der Waals surface area contributed by atoms with Gasteiger partial charge in [0.1, 0.15) is 6.10 Å². The van der Waals surface area contributed by atoms with E-state index in [1.54, 1.807) is 0 Å². The maximum absolute atomic E-state index is 13.3. The average Bonchev–Trinajstić information content (AvgIpc) is 3.28. The second-order valence-corrected chi connectivity index (χ2v) is 8.50. The summed E-state index contributed by atoms with van der Waals surface area (Å²) in [5.41, 5.74) is -0.391. The van der Waals surface area contributed by atoms with Gasteiger partial charge in [0.15, 0.2) is 23.2 Å². The molecule has 0 aromatic carbocycles. The molecule has 2 fully saturated rings. The van der Waals surface area contributed by atoms with Crippen molar-refractivity contribution in [2.75, 3.05) is 20.3 Å². The number of nitrogens with zero attached hydrogens (tertiary/aromatic N) is 1. The van der Waals surface area contributed by atoms with Crippen LogP contribution < -0.4 is 10.1 Å². The van der Waals surface area contributed by atoms with Gasteiger partial charge in [-0.15, -0.1) is 0 Å². The number of amides is 1. The van der Waals surface area contributed by atoms with Crippen LogP contribution in [0.4, 0.5) is 13.2 Å². The zero-order valence-corrected chi connectivity index (χ0v) is 19.0. The van der Waals surface area contributed by atoms with E-state index in [0.29, 0.717) is 0 Å². The summed E-state index contributed by atoms with van der Waals surface area (Å²) in [4.78, 5) is 29.2. The van der Waals surface area contributed by atoms with Crippen LogP contribution >= 0.6 is 0 Å². The van der Waals surface area contributed by atoms with Crippen LogP contribution in [-0.4, -0.2) is 72.8 Å². The van der Waals surface area contributed by atoms with Crippen LogP contribution in [0.1, 0.15) is 49.5 Å². The number of aromatic hydroxyl groups is 1. The third-order valence-corrected chi connectivity index (χ3v) is 5.90. The minimum atomic E-state index is -4.47. The SMILES string of the molecule is COc1ccnc(C(=O)N[C@H]2COC[C@H](CC(F)(F)F)[C@@H](OC3CCCC3)[C@H](C)OC2=O)c1O. The number of carbonyl (C=O) groups excluding carboxylic acids is 2. The lowest BCUT2D eigenvalue weighted by Crippen LogP contribution is -2.47. The molecule has 2 aliphatic rings. The Kier molecular flexibility index (Phi) is 8.58. The summed E-state index contributed by atoms with van der Waals surface area (Å²) >= 11 is 0. The quantitative estimate of drug-likeness (QED) is 0.585. The zero-order chi connectivity index (χ0) is 24.9.